The van der Waals surface area contributed by atoms with Gasteiger partial charge in [0, 0.05) is 13.2 Å². The third-order valence-corrected chi connectivity index (χ3v) is 1.58. The molecule has 0 unspecified atom stereocenters. The summed E-state index contributed by atoms with van der Waals surface area (Å²) in [6.07, 6.45) is 2.51. The van der Waals surface area contributed by atoms with Crippen molar-refractivity contribution in [1.29, 1.82) is 5.26 Å². The number of carbonyl (C=O) groups is 1. The van der Waals surface area contributed by atoms with Crippen molar-refractivity contribution in [3.05, 3.63) is 24.0 Å². The summed E-state index contributed by atoms with van der Waals surface area (Å²) in [5.74, 6) is -0.701. The zero-order valence-electron chi connectivity index (χ0n) is 7.98. The van der Waals surface area contributed by atoms with E-state index in [9.17, 15) is 9.28 Å². The van der Waals surface area contributed by atoms with Crippen molar-refractivity contribution in [3.63, 3.8) is 0 Å². The third-order valence-electron chi connectivity index (χ3n) is 1.58. The van der Waals surface area contributed by atoms with Gasteiger partial charge in [-0.3, -0.25) is 4.98 Å². The van der Waals surface area contributed by atoms with Crippen LogP contribution in [0.1, 0.15) is 10.4 Å². The Kier molecular flexibility index (Phi) is 3.57. The largest absolute Gasteiger partial charge is 0.447 e. The molecule has 1 rings (SSSR count). The molecular weight excluding hydrogens is 201 g/mol. The molecule has 1 aromatic heterocycles. The standard InChI is InChI=1S/C9H8FN3O2/c1-13(10)8-4-7(5-12-6-8)9(14)15-3-2-11/h4-6H,3H2,1H3. The molecule has 15 heavy (non-hydrogen) atoms. The van der Waals surface area contributed by atoms with Crippen LogP contribution in [0.4, 0.5) is 10.2 Å². The molecule has 0 aliphatic carbocycles. The number of aromatic nitrogens is 1. The molecule has 1 heterocycles. The maximum atomic E-state index is 12.7. The third kappa shape index (κ3) is 2.91. The van der Waals surface area contributed by atoms with Crippen LogP contribution < -0.4 is 5.12 Å². The number of nitrogens with zero attached hydrogens (tertiary/aromatic N) is 3. The molecule has 0 saturated carbocycles. The summed E-state index contributed by atoms with van der Waals surface area (Å²) in [6.45, 7) is -0.339. The highest BCUT2D eigenvalue weighted by Crippen LogP contribution is 2.13. The molecule has 0 aliphatic heterocycles. The second kappa shape index (κ2) is 4.91. The highest BCUT2D eigenvalue weighted by atomic mass is 19.2. The van der Waals surface area contributed by atoms with Crippen LogP contribution in [0.2, 0.25) is 0 Å². The molecule has 0 spiro atoms. The fourth-order valence-electron chi connectivity index (χ4n) is 0.889. The number of pyridine rings is 1. The summed E-state index contributed by atoms with van der Waals surface area (Å²) in [7, 11) is 1.18. The maximum Gasteiger partial charge on any atom is 0.340 e. The van der Waals surface area contributed by atoms with Crippen LogP contribution in [0, 0.1) is 11.3 Å². The van der Waals surface area contributed by atoms with Gasteiger partial charge in [0.05, 0.1) is 17.4 Å². The molecule has 0 N–H and O–H groups in total. The smallest absolute Gasteiger partial charge is 0.340 e. The van der Waals surface area contributed by atoms with Crippen LogP contribution in [0.25, 0.3) is 0 Å². The minimum absolute atomic E-state index is 0.104. The fourth-order valence-corrected chi connectivity index (χ4v) is 0.889. The minimum Gasteiger partial charge on any atom is -0.447 e. The molecule has 1 aromatic rings. The van der Waals surface area contributed by atoms with E-state index in [2.05, 4.69) is 9.72 Å². The van der Waals surface area contributed by atoms with Gasteiger partial charge in [0.15, 0.2) is 6.61 Å². The van der Waals surface area contributed by atoms with Gasteiger partial charge in [-0.15, -0.1) is 4.48 Å². The highest BCUT2D eigenvalue weighted by molar-refractivity contribution is 5.90. The van der Waals surface area contributed by atoms with E-state index >= 15 is 0 Å². The number of carbonyl (C=O) groups excluding carboxylic acids is 1. The lowest BCUT2D eigenvalue weighted by Crippen LogP contribution is -2.08. The molecular formula is C9H8FN3O2. The normalized spacial score (nSPS) is 9.13. The van der Waals surface area contributed by atoms with E-state index in [1.807, 2.05) is 0 Å². The number of nitriles is 1. The molecule has 0 aromatic carbocycles. The summed E-state index contributed by atoms with van der Waals surface area (Å²) < 4.78 is 17.2. The second-order valence-electron chi connectivity index (χ2n) is 2.64. The number of ether oxygens (including phenoxy) is 1. The summed E-state index contributed by atoms with van der Waals surface area (Å²) >= 11 is 0. The maximum absolute atomic E-state index is 12.7. The topological polar surface area (TPSA) is 66.2 Å². The summed E-state index contributed by atoms with van der Waals surface area (Å²) in [5, 5.41) is 8.52. The molecule has 0 fully saturated rings. The van der Waals surface area contributed by atoms with Crippen molar-refractivity contribution in [2.75, 3.05) is 18.8 Å². The van der Waals surface area contributed by atoms with E-state index in [0.29, 0.717) is 5.12 Å². The van der Waals surface area contributed by atoms with Crippen LogP contribution in [0.15, 0.2) is 18.5 Å². The van der Waals surface area contributed by atoms with Crippen LogP contribution in [0.5, 0.6) is 0 Å². The van der Waals surface area contributed by atoms with Gasteiger partial charge in [-0.25, -0.2) is 9.92 Å². The predicted octanol–water partition coefficient (Wildman–Crippen LogP) is 1.08. The average molecular weight is 209 g/mol. The van der Waals surface area contributed by atoms with Gasteiger partial charge in [0.2, 0.25) is 0 Å². The Balaban J connectivity index is 2.82. The number of hydrogen-bond acceptors (Lipinski definition) is 5. The summed E-state index contributed by atoms with van der Waals surface area (Å²) in [5.41, 5.74) is 0.244. The quantitative estimate of drug-likeness (QED) is 0.550. The van der Waals surface area contributed by atoms with Crippen molar-refractivity contribution in [2.24, 2.45) is 0 Å². The Hall–Kier alpha value is -2.16. The van der Waals surface area contributed by atoms with Gasteiger partial charge in [-0.2, -0.15) is 5.26 Å². The average Bonchev–Trinajstić information content (AvgIpc) is 2.26. The molecule has 0 radical (unpaired) electrons. The highest BCUT2D eigenvalue weighted by Gasteiger charge is 2.09. The minimum atomic E-state index is -0.701. The number of esters is 1. The van der Waals surface area contributed by atoms with E-state index < -0.39 is 5.97 Å². The lowest BCUT2D eigenvalue weighted by Gasteiger charge is -2.07. The molecule has 0 amide bonds. The van der Waals surface area contributed by atoms with Crippen molar-refractivity contribution >= 4 is 11.7 Å². The lowest BCUT2D eigenvalue weighted by atomic mass is 10.2. The summed E-state index contributed by atoms with van der Waals surface area (Å²) in [6, 6.07) is 2.94. The monoisotopic (exact) mass is 209 g/mol. The van der Waals surface area contributed by atoms with E-state index in [4.69, 9.17) is 5.26 Å². The van der Waals surface area contributed by atoms with Crippen molar-refractivity contribution in [3.8, 4) is 6.07 Å². The van der Waals surface area contributed by atoms with Crippen LogP contribution in [-0.2, 0) is 4.74 Å². The zero-order valence-corrected chi connectivity index (χ0v) is 7.98. The Morgan fingerprint density at radius 1 is 1.73 bits per heavy atom. The Morgan fingerprint density at radius 2 is 2.47 bits per heavy atom. The number of hydrogen-bond donors (Lipinski definition) is 0. The van der Waals surface area contributed by atoms with Gasteiger partial charge in [0.25, 0.3) is 0 Å². The molecule has 0 aliphatic rings. The number of anilines is 1. The van der Waals surface area contributed by atoms with Crippen LogP contribution in [-0.4, -0.2) is 24.6 Å². The van der Waals surface area contributed by atoms with Crippen LogP contribution >= 0.6 is 0 Å². The fraction of sp³-hybridized carbons (Fsp3) is 0.222. The van der Waals surface area contributed by atoms with Gasteiger partial charge in [-0.05, 0) is 6.07 Å². The van der Waals surface area contributed by atoms with Crippen molar-refractivity contribution in [2.45, 2.75) is 0 Å². The van der Waals surface area contributed by atoms with E-state index in [1.165, 1.54) is 25.5 Å². The molecule has 6 heteroatoms. The molecule has 78 valence electrons. The Morgan fingerprint density at radius 3 is 3.07 bits per heavy atom. The van der Waals surface area contributed by atoms with Gasteiger partial charge in [0.1, 0.15) is 6.07 Å². The Labute approximate surface area is 85.6 Å². The second-order valence-corrected chi connectivity index (χ2v) is 2.64. The Bertz CT molecular complexity index is 401. The SMILES string of the molecule is CN(F)c1cncc(C(=O)OCC#N)c1. The molecule has 0 bridgehead atoms. The summed E-state index contributed by atoms with van der Waals surface area (Å²) in [4.78, 5) is 14.9. The van der Waals surface area contributed by atoms with Gasteiger partial charge >= 0.3 is 5.97 Å². The molecule has 0 atom stereocenters. The lowest BCUT2D eigenvalue weighted by molar-refractivity contribution is 0.0554. The first-order valence-electron chi connectivity index (χ1n) is 4.04. The van der Waals surface area contributed by atoms with E-state index in [0.717, 1.165) is 0 Å². The van der Waals surface area contributed by atoms with Gasteiger partial charge in [-0.1, -0.05) is 0 Å². The van der Waals surface area contributed by atoms with E-state index in [1.54, 1.807) is 6.07 Å². The first-order valence-corrected chi connectivity index (χ1v) is 4.04. The first kappa shape index (κ1) is 10.9. The van der Waals surface area contributed by atoms with Gasteiger partial charge < -0.3 is 4.74 Å². The number of rotatable bonds is 3. The zero-order chi connectivity index (χ0) is 11.3. The number of halogens is 1. The van der Waals surface area contributed by atoms with Crippen molar-refractivity contribution in [1.82, 2.24) is 4.98 Å². The van der Waals surface area contributed by atoms with Crippen LogP contribution in [0.3, 0.4) is 0 Å². The molecule has 5 nitrogen and oxygen atoms in total. The predicted molar refractivity (Wildman–Crippen MR) is 49.6 cm³/mol. The molecule has 0 saturated heterocycles. The first-order chi connectivity index (χ1) is 7.15. The van der Waals surface area contributed by atoms with E-state index in [-0.39, 0.29) is 17.9 Å². The van der Waals surface area contributed by atoms with Crippen molar-refractivity contribution < 1.29 is 14.0 Å².